The molecule has 1 aromatic rings. The van der Waals surface area contributed by atoms with Crippen molar-refractivity contribution in [1.29, 1.82) is 0 Å². The summed E-state index contributed by atoms with van der Waals surface area (Å²) in [5.41, 5.74) is 0.643. The third-order valence-electron chi connectivity index (χ3n) is 3.40. The van der Waals surface area contributed by atoms with Gasteiger partial charge in [-0.15, -0.1) is 0 Å². The number of carbonyl (C=O) groups is 1. The van der Waals surface area contributed by atoms with Crippen molar-refractivity contribution in [3.8, 4) is 11.5 Å². The molecule has 0 spiro atoms. The minimum atomic E-state index is 0.0492. The summed E-state index contributed by atoms with van der Waals surface area (Å²) in [6.45, 7) is 7.26. The maximum atomic E-state index is 12.6. The molecular weight excluding hydrogens is 268 g/mol. The van der Waals surface area contributed by atoms with Gasteiger partial charge in [-0.3, -0.25) is 4.79 Å². The van der Waals surface area contributed by atoms with Crippen LogP contribution in [0.1, 0.15) is 30.6 Å². The van der Waals surface area contributed by atoms with Gasteiger partial charge >= 0.3 is 0 Å². The monoisotopic (exact) mass is 292 g/mol. The Labute approximate surface area is 126 Å². The number of methoxy groups -OCH3 is 1. The predicted octanol–water partition coefficient (Wildman–Crippen LogP) is 1.92. The third kappa shape index (κ3) is 4.11. The van der Waals surface area contributed by atoms with Crippen LogP contribution in [0.4, 0.5) is 0 Å². The molecule has 0 aromatic heterocycles. The molecule has 1 amide bonds. The number of hydrogen-bond donors (Lipinski definition) is 1. The summed E-state index contributed by atoms with van der Waals surface area (Å²) in [5.74, 6) is 1.32. The highest BCUT2D eigenvalue weighted by atomic mass is 16.5. The second-order valence-corrected chi connectivity index (χ2v) is 5.43. The van der Waals surface area contributed by atoms with Crippen molar-refractivity contribution in [3.05, 3.63) is 23.8 Å². The number of nitrogens with one attached hydrogen (secondary N) is 1. The van der Waals surface area contributed by atoms with Crippen LogP contribution in [0.3, 0.4) is 0 Å². The van der Waals surface area contributed by atoms with Gasteiger partial charge in [0.15, 0.2) is 11.5 Å². The molecule has 0 atom stereocenters. The molecule has 1 aromatic carbocycles. The largest absolute Gasteiger partial charge is 0.493 e. The Morgan fingerprint density at radius 2 is 2.05 bits per heavy atom. The van der Waals surface area contributed by atoms with Crippen LogP contribution in [0.15, 0.2) is 18.2 Å². The smallest absolute Gasteiger partial charge is 0.254 e. The zero-order valence-corrected chi connectivity index (χ0v) is 13.0. The molecule has 0 radical (unpaired) electrons. The van der Waals surface area contributed by atoms with Crippen LogP contribution in [0.2, 0.25) is 0 Å². The molecule has 0 unspecified atom stereocenters. The molecule has 0 bridgehead atoms. The predicted molar refractivity (Wildman–Crippen MR) is 82.1 cm³/mol. The first-order valence-electron chi connectivity index (χ1n) is 7.46. The highest BCUT2D eigenvalue weighted by Gasteiger charge is 2.19. The van der Waals surface area contributed by atoms with Gasteiger partial charge in [0.2, 0.25) is 0 Å². The fourth-order valence-electron chi connectivity index (χ4n) is 2.38. The molecule has 1 aliphatic heterocycles. The molecule has 5 nitrogen and oxygen atoms in total. The van der Waals surface area contributed by atoms with Crippen LogP contribution >= 0.6 is 0 Å². The van der Waals surface area contributed by atoms with Gasteiger partial charge in [-0.05, 0) is 45.0 Å². The molecule has 2 rings (SSSR count). The molecule has 5 heteroatoms. The number of carbonyl (C=O) groups excluding carboxylic acids is 1. The maximum Gasteiger partial charge on any atom is 0.254 e. The lowest BCUT2D eigenvalue weighted by Crippen LogP contribution is -2.34. The summed E-state index contributed by atoms with van der Waals surface area (Å²) < 4.78 is 11.0. The lowest BCUT2D eigenvalue weighted by Gasteiger charge is -2.21. The molecule has 21 heavy (non-hydrogen) atoms. The van der Waals surface area contributed by atoms with Crippen LogP contribution in [-0.2, 0) is 0 Å². The van der Waals surface area contributed by atoms with Crippen molar-refractivity contribution in [3.63, 3.8) is 0 Å². The average Bonchev–Trinajstić information content (AvgIpc) is 2.75. The van der Waals surface area contributed by atoms with Crippen LogP contribution < -0.4 is 14.8 Å². The van der Waals surface area contributed by atoms with Crippen molar-refractivity contribution in [1.82, 2.24) is 10.2 Å². The molecule has 116 valence electrons. The molecule has 1 heterocycles. The maximum absolute atomic E-state index is 12.6. The van der Waals surface area contributed by atoms with Crippen LogP contribution in [-0.4, -0.2) is 50.2 Å². The average molecular weight is 292 g/mol. The Morgan fingerprint density at radius 1 is 1.24 bits per heavy atom. The molecule has 1 fully saturated rings. The van der Waals surface area contributed by atoms with E-state index in [1.54, 1.807) is 19.2 Å². The van der Waals surface area contributed by atoms with E-state index in [1.807, 2.05) is 24.8 Å². The van der Waals surface area contributed by atoms with Crippen molar-refractivity contribution in [2.75, 3.05) is 33.3 Å². The van der Waals surface area contributed by atoms with Crippen LogP contribution in [0.25, 0.3) is 0 Å². The van der Waals surface area contributed by atoms with Gasteiger partial charge in [0.1, 0.15) is 0 Å². The normalized spacial score (nSPS) is 15.7. The Kier molecular flexibility index (Phi) is 5.44. The molecule has 1 aliphatic rings. The van der Waals surface area contributed by atoms with Gasteiger partial charge in [0.05, 0.1) is 13.2 Å². The van der Waals surface area contributed by atoms with Crippen molar-refractivity contribution in [2.45, 2.75) is 26.4 Å². The van der Waals surface area contributed by atoms with E-state index in [4.69, 9.17) is 9.47 Å². The van der Waals surface area contributed by atoms with Gasteiger partial charge in [0, 0.05) is 25.2 Å². The lowest BCUT2D eigenvalue weighted by atomic mass is 10.1. The first-order valence-corrected chi connectivity index (χ1v) is 7.46. The van der Waals surface area contributed by atoms with E-state index >= 15 is 0 Å². The van der Waals surface area contributed by atoms with Crippen LogP contribution in [0.5, 0.6) is 11.5 Å². The SMILES string of the molecule is COc1cc(C(=O)N2CCCNCC2)ccc1OC(C)C. The molecule has 0 saturated carbocycles. The van der Waals surface area contributed by atoms with Gasteiger partial charge in [-0.25, -0.2) is 0 Å². The van der Waals surface area contributed by atoms with E-state index in [-0.39, 0.29) is 12.0 Å². The fraction of sp³-hybridized carbons (Fsp3) is 0.562. The van der Waals surface area contributed by atoms with Gasteiger partial charge in [0.25, 0.3) is 5.91 Å². The van der Waals surface area contributed by atoms with E-state index in [1.165, 1.54) is 0 Å². The number of amides is 1. The van der Waals surface area contributed by atoms with Gasteiger partial charge < -0.3 is 19.7 Å². The first-order chi connectivity index (χ1) is 10.1. The van der Waals surface area contributed by atoms with Crippen molar-refractivity contribution < 1.29 is 14.3 Å². The first kappa shape index (κ1) is 15.6. The molecule has 0 aliphatic carbocycles. The number of ether oxygens (including phenoxy) is 2. The highest BCUT2D eigenvalue weighted by Crippen LogP contribution is 2.29. The minimum Gasteiger partial charge on any atom is -0.493 e. The lowest BCUT2D eigenvalue weighted by molar-refractivity contribution is 0.0766. The second-order valence-electron chi connectivity index (χ2n) is 5.43. The number of hydrogen-bond acceptors (Lipinski definition) is 4. The van der Waals surface area contributed by atoms with E-state index < -0.39 is 0 Å². The summed E-state index contributed by atoms with van der Waals surface area (Å²) in [7, 11) is 1.59. The Morgan fingerprint density at radius 3 is 2.76 bits per heavy atom. The summed E-state index contributed by atoms with van der Waals surface area (Å²) in [5, 5.41) is 3.30. The molecular formula is C16H24N2O3. The van der Waals surface area contributed by atoms with Crippen molar-refractivity contribution in [2.24, 2.45) is 0 Å². The van der Waals surface area contributed by atoms with E-state index in [0.717, 1.165) is 32.6 Å². The summed E-state index contributed by atoms with van der Waals surface area (Å²) >= 11 is 0. The number of nitrogens with zero attached hydrogens (tertiary/aromatic N) is 1. The zero-order valence-electron chi connectivity index (χ0n) is 13.0. The molecule has 1 N–H and O–H groups in total. The number of benzene rings is 1. The van der Waals surface area contributed by atoms with E-state index in [2.05, 4.69) is 5.32 Å². The Hall–Kier alpha value is -1.75. The standard InChI is InChI=1S/C16H24N2O3/c1-12(2)21-14-6-5-13(11-15(14)20-3)16(19)18-9-4-7-17-8-10-18/h5-6,11-12,17H,4,7-10H2,1-3H3. The third-order valence-corrected chi connectivity index (χ3v) is 3.40. The van der Waals surface area contributed by atoms with Crippen molar-refractivity contribution >= 4 is 5.91 Å². The highest BCUT2D eigenvalue weighted by molar-refractivity contribution is 5.95. The summed E-state index contributed by atoms with van der Waals surface area (Å²) in [6.07, 6.45) is 1.05. The van der Waals surface area contributed by atoms with Gasteiger partial charge in [-0.2, -0.15) is 0 Å². The van der Waals surface area contributed by atoms with Crippen LogP contribution in [0, 0.1) is 0 Å². The van der Waals surface area contributed by atoms with Gasteiger partial charge in [-0.1, -0.05) is 0 Å². The molecule has 1 saturated heterocycles. The second kappa shape index (κ2) is 7.31. The Bertz CT molecular complexity index is 480. The minimum absolute atomic E-state index is 0.0492. The summed E-state index contributed by atoms with van der Waals surface area (Å²) in [4.78, 5) is 14.4. The number of rotatable bonds is 4. The Balaban J connectivity index is 2.17. The topological polar surface area (TPSA) is 50.8 Å². The van der Waals surface area contributed by atoms with E-state index in [9.17, 15) is 4.79 Å². The van der Waals surface area contributed by atoms with E-state index in [0.29, 0.717) is 17.1 Å². The fourth-order valence-corrected chi connectivity index (χ4v) is 2.38. The summed E-state index contributed by atoms with van der Waals surface area (Å²) in [6, 6.07) is 5.38. The quantitative estimate of drug-likeness (QED) is 0.921. The zero-order chi connectivity index (χ0) is 15.2.